The average molecular weight is 186 g/mol. The third-order valence-electron chi connectivity index (χ3n) is 1.39. The van der Waals surface area contributed by atoms with Crippen LogP contribution in [0.2, 0.25) is 0 Å². The number of nitrogens with zero attached hydrogens (tertiary/aromatic N) is 4. The van der Waals surface area contributed by atoms with Crippen LogP contribution in [-0.4, -0.2) is 23.4 Å². The summed E-state index contributed by atoms with van der Waals surface area (Å²) >= 11 is 0. The Balaban J connectivity index is 3.04. The van der Waals surface area contributed by atoms with Gasteiger partial charge in [0.1, 0.15) is 0 Å². The highest BCUT2D eigenvalue weighted by atomic mass is 32.2. The summed E-state index contributed by atoms with van der Waals surface area (Å²) in [6, 6.07) is 0. The second kappa shape index (κ2) is 2.91. The highest BCUT2D eigenvalue weighted by Gasteiger charge is 2.21. The van der Waals surface area contributed by atoms with Crippen LogP contribution in [-0.2, 0) is 9.84 Å². The van der Waals surface area contributed by atoms with Crippen molar-refractivity contribution in [2.75, 3.05) is 0 Å². The minimum absolute atomic E-state index is 0.981. The van der Waals surface area contributed by atoms with Gasteiger partial charge in [-0.3, -0.25) is 0 Å². The van der Waals surface area contributed by atoms with E-state index in [0.29, 0.717) is 0 Å². The summed E-state index contributed by atoms with van der Waals surface area (Å²) in [7, 11) is -3.76. The Kier molecular flexibility index (Phi) is 2.10. The predicted molar refractivity (Wildman–Crippen MR) is 39.3 cm³/mol. The Bertz CT molecular complexity index is 388. The minimum atomic E-state index is -3.76. The quantitative estimate of drug-likeness (QED) is 0.467. The molecule has 0 fully saturated rings. The normalized spacial score (nSPS) is 13.7. The van der Waals surface area contributed by atoms with Crippen LogP contribution in [0.4, 0.5) is 0 Å². The molecule has 0 radical (unpaired) electrons. The first kappa shape index (κ1) is 8.67. The maximum Gasteiger partial charge on any atom is 0.264 e. The zero-order valence-corrected chi connectivity index (χ0v) is 7.06. The van der Waals surface area contributed by atoms with Crippen molar-refractivity contribution in [1.29, 1.82) is 5.26 Å². The number of hydrogen-bond donors (Lipinski definition) is 0. The van der Waals surface area contributed by atoms with Gasteiger partial charge in [0.05, 0.1) is 6.20 Å². The second-order valence-electron chi connectivity index (χ2n) is 2.12. The maximum absolute atomic E-state index is 10.9. The van der Waals surface area contributed by atoms with Crippen molar-refractivity contribution in [2.24, 2.45) is 0 Å². The first-order valence-electron chi connectivity index (χ1n) is 3.08. The monoisotopic (exact) mass is 186 g/mol. The van der Waals surface area contributed by atoms with Gasteiger partial charge in [-0.1, -0.05) is 5.21 Å². The lowest BCUT2D eigenvalue weighted by Crippen LogP contribution is -2.15. The zero-order valence-electron chi connectivity index (χ0n) is 6.25. The van der Waals surface area contributed by atoms with Crippen LogP contribution in [0.5, 0.6) is 0 Å². The smallest absolute Gasteiger partial charge is 0.233 e. The molecule has 0 N–H and O–H groups in total. The summed E-state index contributed by atoms with van der Waals surface area (Å²) < 4.78 is 23.0. The maximum atomic E-state index is 10.9. The topological polar surface area (TPSA) is 88.6 Å². The molecule has 1 atom stereocenters. The van der Waals surface area contributed by atoms with Gasteiger partial charge in [-0.2, -0.15) is 5.26 Å². The van der Waals surface area contributed by atoms with Gasteiger partial charge in [-0.25, -0.2) is 13.1 Å². The van der Waals surface area contributed by atoms with Crippen molar-refractivity contribution in [2.45, 2.75) is 12.3 Å². The largest absolute Gasteiger partial charge is 0.264 e. The van der Waals surface area contributed by atoms with E-state index in [0.717, 1.165) is 4.68 Å². The molecule has 0 aliphatic carbocycles. The molecule has 1 rings (SSSR count). The van der Waals surface area contributed by atoms with Gasteiger partial charge in [0.2, 0.25) is 0 Å². The second-order valence-corrected chi connectivity index (χ2v) is 4.07. The zero-order chi connectivity index (χ0) is 9.19. The van der Waals surface area contributed by atoms with Gasteiger partial charge in [0.15, 0.2) is 10.8 Å². The fourth-order valence-corrected chi connectivity index (χ4v) is 1.18. The number of hydrogen-bond acceptors (Lipinski definition) is 5. The van der Waals surface area contributed by atoms with Crippen LogP contribution in [0.3, 0.4) is 0 Å². The van der Waals surface area contributed by atoms with Gasteiger partial charge in [0, 0.05) is 6.20 Å². The van der Waals surface area contributed by atoms with Gasteiger partial charge in [-0.15, -0.1) is 5.10 Å². The molecule has 1 heterocycles. The average Bonchev–Trinajstić information content (AvgIpc) is 2.55. The highest BCUT2D eigenvalue weighted by molar-refractivity contribution is 7.95. The molecule has 0 aliphatic rings. The van der Waals surface area contributed by atoms with Gasteiger partial charge >= 0.3 is 0 Å². The standard InChI is InChI=1S/C5H6N4O2S/c1-5(12(10,11)4-6)9-3-2-7-8-9/h2-3,5H,1H3. The molecule has 1 unspecified atom stereocenters. The van der Waals surface area contributed by atoms with Crippen LogP contribution >= 0.6 is 0 Å². The third-order valence-corrected chi connectivity index (χ3v) is 2.76. The summed E-state index contributed by atoms with van der Waals surface area (Å²) in [4.78, 5) is 0. The highest BCUT2D eigenvalue weighted by Crippen LogP contribution is 2.11. The molecule has 1 aromatic rings. The van der Waals surface area contributed by atoms with E-state index in [-0.39, 0.29) is 0 Å². The Morgan fingerprint density at radius 3 is 2.75 bits per heavy atom. The van der Waals surface area contributed by atoms with Crippen molar-refractivity contribution >= 4 is 9.84 Å². The third kappa shape index (κ3) is 1.43. The number of thiocyanates is 1. The summed E-state index contributed by atoms with van der Waals surface area (Å²) in [6.07, 6.45) is 2.74. The van der Waals surface area contributed by atoms with Crippen molar-refractivity contribution in [3.05, 3.63) is 12.4 Å². The summed E-state index contributed by atoms with van der Waals surface area (Å²) in [6.45, 7) is 1.37. The number of aromatic nitrogens is 3. The number of sulfone groups is 1. The van der Waals surface area contributed by atoms with Gasteiger partial charge in [0.25, 0.3) is 9.84 Å². The Morgan fingerprint density at radius 1 is 1.67 bits per heavy atom. The Labute approximate surface area is 69.3 Å². The van der Waals surface area contributed by atoms with E-state index >= 15 is 0 Å². The van der Waals surface area contributed by atoms with Crippen LogP contribution in [0.1, 0.15) is 12.3 Å². The molecule has 64 valence electrons. The first-order valence-corrected chi connectivity index (χ1v) is 4.63. The number of nitriles is 1. The Hall–Kier alpha value is -1.42. The van der Waals surface area contributed by atoms with Gasteiger partial charge in [-0.05, 0) is 6.92 Å². The molecule has 0 bridgehead atoms. The van der Waals surface area contributed by atoms with Crippen molar-refractivity contribution in [3.63, 3.8) is 0 Å². The molecule has 0 aliphatic heterocycles. The molecule has 0 spiro atoms. The fourth-order valence-electron chi connectivity index (χ4n) is 0.630. The van der Waals surface area contributed by atoms with Crippen LogP contribution in [0, 0.1) is 10.7 Å². The molecule has 0 aromatic carbocycles. The lowest BCUT2D eigenvalue weighted by molar-refractivity contribution is 0.538. The molecule has 0 amide bonds. The molecule has 6 nitrogen and oxygen atoms in total. The fraction of sp³-hybridized carbons (Fsp3) is 0.400. The van der Waals surface area contributed by atoms with Crippen LogP contribution < -0.4 is 0 Å². The SMILES string of the molecule is CC(n1ccnn1)S(=O)(=O)C#N. The van der Waals surface area contributed by atoms with E-state index in [9.17, 15) is 8.42 Å². The minimum Gasteiger partial charge on any atom is -0.233 e. The van der Waals surface area contributed by atoms with E-state index in [2.05, 4.69) is 10.3 Å². The molecule has 7 heteroatoms. The molecule has 0 saturated carbocycles. The number of rotatable bonds is 2. The van der Waals surface area contributed by atoms with Gasteiger partial charge < -0.3 is 0 Å². The van der Waals surface area contributed by atoms with Crippen LogP contribution in [0.25, 0.3) is 0 Å². The van der Waals surface area contributed by atoms with Crippen molar-refractivity contribution < 1.29 is 8.42 Å². The van der Waals surface area contributed by atoms with E-state index in [1.165, 1.54) is 24.7 Å². The van der Waals surface area contributed by atoms with E-state index in [1.54, 1.807) is 0 Å². The predicted octanol–water partition coefficient (Wildman–Crippen LogP) is -0.308. The van der Waals surface area contributed by atoms with Crippen LogP contribution in [0.15, 0.2) is 12.4 Å². The van der Waals surface area contributed by atoms with E-state index in [1.807, 2.05) is 0 Å². The Morgan fingerprint density at radius 2 is 2.33 bits per heavy atom. The summed E-state index contributed by atoms with van der Waals surface area (Å²) in [5, 5.41) is 15.4. The molecule has 0 saturated heterocycles. The molecular formula is C5H6N4O2S. The lowest BCUT2D eigenvalue weighted by atomic mass is 10.7. The molecule has 1 aromatic heterocycles. The van der Waals surface area contributed by atoms with Crippen molar-refractivity contribution in [3.8, 4) is 5.40 Å². The van der Waals surface area contributed by atoms with Crippen molar-refractivity contribution in [1.82, 2.24) is 15.0 Å². The molecule has 12 heavy (non-hydrogen) atoms. The van der Waals surface area contributed by atoms with E-state index < -0.39 is 15.2 Å². The lowest BCUT2D eigenvalue weighted by Gasteiger charge is -2.04. The summed E-state index contributed by atoms with van der Waals surface area (Å²) in [5.74, 6) is 0. The summed E-state index contributed by atoms with van der Waals surface area (Å²) in [5.41, 5.74) is 0. The van der Waals surface area contributed by atoms with E-state index in [4.69, 9.17) is 5.26 Å². The molecular weight excluding hydrogens is 180 g/mol. The first-order chi connectivity index (χ1) is 5.58.